The molecule has 0 bridgehead atoms. The van der Waals surface area contributed by atoms with E-state index in [0.717, 1.165) is 25.0 Å². The van der Waals surface area contributed by atoms with Gasteiger partial charge < -0.3 is 0 Å². The largest absolute Gasteiger partial charge is 0.299 e. The van der Waals surface area contributed by atoms with Crippen LogP contribution in [-0.2, 0) is 4.79 Å². The van der Waals surface area contributed by atoms with Gasteiger partial charge >= 0.3 is 0 Å². The summed E-state index contributed by atoms with van der Waals surface area (Å²) in [6.07, 6.45) is 8.81. The van der Waals surface area contributed by atoms with Crippen molar-refractivity contribution >= 4 is 5.78 Å². The van der Waals surface area contributed by atoms with Crippen molar-refractivity contribution in [3.8, 4) is 0 Å². The lowest BCUT2D eigenvalue weighted by Gasteiger charge is -2.18. The van der Waals surface area contributed by atoms with Gasteiger partial charge in [0.15, 0.2) is 0 Å². The molecule has 1 fully saturated rings. The Morgan fingerprint density at radius 3 is 2.92 bits per heavy atom. The maximum atomic E-state index is 11.5. The fourth-order valence-corrected chi connectivity index (χ4v) is 1.79. The van der Waals surface area contributed by atoms with Crippen LogP contribution in [0.5, 0.6) is 0 Å². The number of carbonyl (C=O) groups is 1. The Morgan fingerprint density at radius 1 is 1.31 bits per heavy atom. The number of carbonyl (C=O) groups excluding carboxylic acids is 1. The average molecular weight is 176 g/mol. The van der Waals surface area contributed by atoms with E-state index in [-0.39, 0.29) is 5.92 Å². The normalized spacial score (nSPS) is 23.1. The van der Waals surface area contributed by atoms with Crippen LogP contribution in [0.4, 0.5) is 0 Å². The third-order valence-electron chi connectivity index (χ3n) is 2.49. The predicted octanol–water partition coefficient (Wildman–Crippen LogP) is 1.70. The van der Waals surface area contributed by atoms with Crippen LogP contribution in [-0.4, -0.2) is 15.8 Å². The van der Waals surface area contributed by atoms with Gasteiger partial charge in [0.05, 0.1) is 11.6 Å². The zero-order chi connectivity index (χ0) is 9.10. The molecule has 1 aromatic heterocycles. The molecule has 3 heteroatoms. The summed E-state index contributed by atoms with van der Waals surface area (Å²) in [5, 5.41) is 0. The number of aromatic nitrogens is 2. The van der Waals surface area contributed by atoms with Crippen LogP contribution in [0.1, 0.15) is 37.3 Å². The lowest BCUT2D eigenvalue weighted by atomic mass is 9.86. The minimum Gasteiger partial charge on any atom is -0.299 e. The molecule has 1 aromatic rings. The van der Waals surface area contributed by atoms with Crippen LogP contribution in [0, 0.1) is 0 Å². The van der Waals surface area contributed by atoms with Crippen LogP contribution in [0.2, 0.25) is 0 Å². The van der Waals surface area contributed by atoms with Crippen molar-refractivity contribution in [2.24, 2.45) is 0 Å². The summed E-state index contributed by atoms with van der Waals surface area (Å²) in [4.78, 5) is 19.7. The topological polar surface area (TPSA) is 42.9 Å². The molecule has 1 atom stereocenters. The van der Waals surface area contributed by atoms with Gasteiger partial charge in [-0.05, 0) is 12.8 Å². The van der Waals surface area contributed by atoms with Gasteiger partial charge in [-0.3, -0.25) is 14.8 Å². The monoisotopic (exact) mass is 176 g/mol. The van der Waals surface area contributed by atoms with Crippen LogP contribution in [0.25, 0.3) is 0 Å². The molecule has 0 saturated heterocycles. The fourth-order valence-electron chi connectivity index (χ4n) is 1.79. The minimum atomic E-state index is 0.0162. The molecule has 1 unspecified atom stereocenters. The summed E-state index contributed by atoms with van der Waals surface area (Å²) in [7, 11) is 0. The van der Waals surface area contributed by atoms with Crippen molar-refractivity contribution in [1.82, 2.24) is 9.97 Å². The van der Waals surface area contributed by atoms with Gasteiger partial charge in [-0.2, -0.15) is 0 Å². The Labute approximate surface area is 77.2 Å². The Bertz CT molecular complexity index is 297. The standard InChI is InChI=1S/C10H12N2O/c13-10-4-2-1-3-8(10)9-7-11-5-6-12-9/h5-8H,1-4H2. The highest BCUT2D eigenvalue weighted by Gasteiger charge is 2.24. The van der Waals surface area contributed by atoms with E-state index in [2.05, 4.69) is 9.97 Å². The Balaban J connectivity index is 2.20. The summed E-state index contributed by atoms with van der Waals surface area (Å²) in [6, 6.07) is 0. The molecule has 0 spiro atoms. The Kier molecular flexibility index (Phi) is 2.34. The highest BCUT2D eigenvalue weighted by Crippen LogP contribution is 2.27. The quantitative estimate of drug-likeness (QED) is 0.654. The first-order valence-electron chi connectivity index (χ1n) is 4.66. The highest BCUT2D eigenvalue weighted by molar-refractivity contribution is 5.85. The van der Waals surface area contributed by atoms with Crippen molar-refractivity contribution < 1.29 is 4.79 Å². The molecule has 0 aliphatic heterocycles. The van der Waals surface area contributed by atoms with Gasteiger partial charge in [0.1, 0.15) is 5.78 Å². The molecule has 0 amide bonds. The lowest BCUT2D eigenvalue weighted by molar-refractivity contribution is -0.121. The molecule has 68 valence electrons. The summed E-state index contributed by atoms with van der Waals surface area (Å²) in [5.74, 6) is 0.342. The first-order valence-corrected chi connectivity index (χ1v) is 4.66. The van der Waals surface area contributed by atoms with Gasteiger partial charge in [0, 0.05) is 25.0 Å². The predicted molar refractivity (Wildman–Crippen MR) is 48.2 cm³/mol. The van der Waals surface area contributed by atoms with E-state index < -0.39 is 0 Å². The van der Waals surface area contributed by atoms with E-state index in [0.29, 0.717) is 12.2 Å². The van der Waals surface area contributed by atoms with Crippen LogP contribution < -0.4 is 0 Å². The maximum Gasteiger partial charge on any atom is 0.141 e. The Morgan fingerprint density at radius 2 is 2.23 bits per heavy atom. The molecular formula is C10H12N2O. The molecule has 0 aromatic carbocycles. The average Bonchev–Trinajstić information content (AvgIpc) is 2.20. The molecule has 2 rings (SSSR count). The number of Topliss-reactive ketones (excluding diaryl/α,β-unsaturated/α-hetero) is 1. The molecule has 0 N–H and O–H groups in total. The van der Waals surface area contributed by atoms with E-state index in [1.165, 1.54) is 0 Å². The summed E-state index contributed by atoms with van der Waals surface area (Å²) >= 11 is 0. The van der Waals surface area contributed by atoms with E-state index in [9.17, 15) is 4.79 Å². The lowest BCUT2D eigenvalue weighted by Crippen LogP contribution is -2.18. The molecule has 3 nitrogen and oxygen atoms in total. The molecule has 0 radical (unpaired) electrons. The number of hydrogen-bond acceptors (Lipinski definition) is 3. The molecule has 1 aliphatic rings. The molecule has 13 heavy (non-hydrogen) atoms. The van der Waals surface area contributed by atoms with Gasteiger partial charge in [0.2, 0.25) is 0 Å². The van der Waals surface area contributed by atoms with Crippen LogP contribution >= 0.6 is 0 Å². The number of ketones is 1. The van der Waals surface area contributed by atoms with Gasteiger partial charge in [-0.1, -0.05) is 6.42 Å². The highest BCUT2D eigenvalue weighted by atomic mass is 16.1. The first-order chi connectivity index (χ1) is 6.38. The zero-order valence-electron chi connectivity index (χ0n) is 7.44. The summed E-state index contributed by atoms with van der Waals surface area (Å²) in [6.45, 7) is 0. The minimum absolute atomic E-state index is 0.0162. The van der Waals surface area contributed by atoms with Crippen molar-refractivity contribution in [3.63, 3.8) is 0 Å². The van der Waals surface area contributed by atoms with Crippen molar-refractivity contribution in [2.45, 2.75) is 31.6 Å². The third kappa shape index (κ3) is 1.74. The maximum absolute atomic E-state index is 11.5. The SMILES string of the molecule is O=C1CCCCC1c1cnccn1. The fraction of sp³-hybridized carbons (Fsp3) is 0.500. The molecule has 1 aliphatic carbocycles. The number of nitrogens with zero attached hydrogens (tertiary/aromatic N) is 2. The molecule has 1 saturated carbocycles. The van der Waals surface area contributed by atoms with Crippen molar-refractivity contribution in [3.05, 3.63) is 24.3 Å². The number of rotatable bonds is 1. The van der Waals surface area contributed by atoms with Gasteiger partial charge in [-0.25, -0.2) is 0 Å². The van der Waals surface area contributed by atoms with E-state index in [1.54, 1.807) is 18.6 Å². The second-order valence-corrected chi connectivity index (χ2v) is 3.39. The van der Waals surface area contributed by atoms with E-state index in [1.807, 2.05) is 0 Å². The van der Waals surface area contributed by atoms with Crippen LogP contribution in [0.3, 0.4) is 0 Å². The summed E-state index contributed by atoms with van der Waals surface area (Å²) < 4.78 is 0. The Hall–Kier alpha value is -1.25. The second-order valence-electron chi connectivity index (χ2n) is 3.39. The first kappa shape index (κ1) is 8.35. The van der Waals surface area contributed by atoms with Crippen LogP contribution in [0.15, 0.2) is 18.6 Å². The van der Waals surface area contributed by atoms with Gasteiger partial charge in [-0.15, -0.1) is 0 Å². The summed E-state index contributed by atoms with van der Waals surface area (Å²) in [5.41, 5.74) is 0.840. The smallest absolute Gasteiger partial charge is 0.141 e. The molecular weight excluding hydrogens is 164 g/mol. The van der Waals surface area contributed by atoms with E-state index in [4.69, 9.17) is 0 Å². The van der Waals surface area contributed by atoms with Gasteiger partial charge in [0.25, 0.3) is 0 Å². The van der Waals surface area contributed by atoms with Crippen molar-refractivity contribution in [2.75, 3.05) is 0 Å². The number of hydrogen-bond donors (Lipinski definition) is 0. The third-order valence-corrected chi connectivity index (χ3v) is 2.49. The second kappa shape index (κ2) is 3.64. The van der Waals surface area contributed by atoms with E-state index >= 15 is 0 Å². The molecule has 1 heterocycles. The van der Waals surface area contributed by atoms with Crippen molar-refractivity contribution in [1.29, 1.82) is 0 Å². The zero-order valence-corrected chi connectivity index (χ0v) is 7.44.